The van der Waals surface area contributed by atoms with Gasteiger partial charge in [0.15, 0.2) is 0 Å². The van der Waals surface area contributed by atoms with E-state index in [1.165, 1.54) is 18.2 Å². The maximum atomic E-state index is 15.3. The van der Waals surface area contributed by atoms with Gasteiger partial charge in [0.05, 0.1) is 6.26 Å². The van der Waals surface area contributed by atoms with E-state index in [0.29, 0.717) is 5.56 Å². The SMILES string of the molecule is CS(=O)(=O)N[C@H]1C2CC(C2)N[C@H]1Cc1cccc(-c2cccc(OC(F)(F)F)c2)c1F.Cl. The number of hydrogen-bond donors (Lipinski definition) is 2. The molecule has 0 unspecified atom stereocenters. The van der Waals surface area contributed by atoms with Crippen molar-refractivity contribution in [1.82, 2.24) is 10.0 Å². The largest absolute Gasteiger partial charge is 0.573 e. The Morgan fingerprint density at radius 2 is 1.84 bits per heavy atom. The first-order valence-electron chi connectivity index (χ1n) is 9.85. The molecule has 3 fully saturated rings. The van der Waals surface area contributed by atoms with E-state index in [-0.39, 0.29) is 54.0 Å². The Bertz CT molecular complexity index is 1070. The fourth-order valence-corrected chi connectivity index (χ4v) is 5.35. The molecule has 2 atom stereocenters. The van der Waals surface area contributed by atoms with Crippen LogP contribution in [-0.2, 0) is 16.4 Å². The summed E-state index contributed by atoms with van der Waals surface area (Å²) in [5.74, 6) is -0.777. The molecule has 2 aliphatic heterocycles. The number of alkyl halides is 3. The third kappa shape index (κ3) is 5.72. The fraction of sp³-hybridized carbons (Fsp3) is 0.429. The van der Waals surface area contributed by atoms with Crippen molar-refractivity contribution < 1.29 is 30.7 Å². The molecule has 1 aliphatic carbocycles. The second kappa shape index (κ2) is 9.17. The van der Waals surface area contributed by atoms with Crippen LogP contribution < -0.4 is 14.8 Å². The van der Waals surface area contributed by atoms with E-state index >= 15 is 4.39 Å². The summed E-state index contributed by atoms with van der Waals surface area (Å²) in [6, 6.07) is 9.55. The van der Waals surface area contributed by atoms with Crippen LogP contribution in [0.25, 0.3) is 11.1 Å². The lowest BCUT2D eigenvalue weighted by Gasteiger charge is -2.52. The van der Waals surface area contributed by atoms with E-state index in [9.17, 15) is 21.6 Å². The van der Waals surface area contributed by atoms with E-state index in [1.54, 1.807) is 12.1 Å². The van der Waals surface area contributed by atoms with Gasteiger partial charge in [-0.1, -0.05) is 30.3 Å². The molecule has 3 aliphatic rings. The summed E-state index contributed by atoms with van der Waals surface area (Å²) >= 11 is 0. The van der Waals surface area contributed by atoms with Crippen molar-refractivity contribution in [3.05, 3.63) is 53.8 Å². The third-order valence-corrected chi connectivity index (χ3v) is 6.51. The van der Waals surface area contributed by atoms with Crippen LogP contribution >= 0.6 is 12.4 Å². The number of halogens is 5. The summed E-state index contributed by atoms with van der Waals surface area (Å²) in [4.78, 5) is 0. The minimum absolute atomic E-state index is 0. The molecule has 0 aromatic heterocycles. The first kappa shape index (κ1) is 24.8. The summed E-state index contributed by atoms with van der Waals surface area (Å²) in [5.41, 5.74) is 0.767. The number of piperidine rings is 2. The lowest BCUT2D eigenvalue weighted by Crippen LogP contribution is -2.67. The summed E-state index contributed by atoms with van der Waals surface area (Å²) in [5, 5.41) is 3.39. The third-order valence-electron chi connectivity index (χ3n) is 5.81. The van der Waals surface area contributed by atoms with Crippen LogP contribution in [0.1, 0.15) is 18.4 Å². The lowest BCUT2D eigenvalue weighted by molar-refractivity contribution is -0.274. The van der Waals surface area contributed by atoms with Gasteiger partial charge in [-0.15, -0.1) is 25.6 Å². The Morgan fingerprint density at radius 3 is 2.50 bits per heavy atom. The molecule has 2 aromatic carbocycles. The van der Waals surface area contributed by atoms with Gasteiger partial charge in [-0.3, -0.25) is 0 Å². The number of rotatable bonds is 6. The highest BCUT2D eigenvalue weighted by Gasteiger charge is 2.46. The van der Waals surface area contributed by atoms with Gasteiger partial charge in [-0.05, 0) is 48.4 Å². The highest BCUT2D eigenvalue weighted by atomic mass is 35.5. The second-order valence-corrected chi connectivity index (χ2v) is 9.96. The smallest absolute Gasteiger partial charge is 0.406 e. The quantitative estimate of drug-likeness (QED) is 0.595. The first-order valence-corrected chi connectivity index (χ1v) is 11.7. The maximum absolute atomic E-state index is 15.3. The van der Waals surface area contributed by atoms with E-state index in [1.807, 2.05) is 0 Å². The van der Waals surface area contributed by atoms with Gasteiger partial charge in [0, 0.05) is 23.7 Å². The number of sulfonamides is 1. The molecule has 32 heavy (non-hydrogen) atoms. The van der Waals surface area contributed by atoms with E-state index in [0.717, 1.165) is 31.2 Å². The number of benzene rings is 2. The number of nitrogens with one attached hydrogen (secondary N) is 2. The lowest BCUT2D eigenvalue weighted by atomic mass is 9.68. The number of fused-ring (bicyclic) bond motifs is 2. The molecule has 0 spiro atoms. The van der Waals surface area contributed by atoms with E-state index < -0.39 is 28.0 Å². The van der Waals surface area contributed by atoms with Crippen LogP contribution in [0.4, 0.5) is 17.6 Å². The minimum Gasteiger partial charge on any atom is -0.406 e. The molecule has 2 N–H and O–H groups in total. The molecule has 0 radical (unpaired) electrons. The average Bonchev–Trinajstić information content (AvgIpc) is 2.61. The zero-order chi connectivity index (χ0) is 22.4. The van der Waals surface area contributed by atoms with Crippen LogP contribution in [0, 0.1) is 11.7 Å². The molecule has 2 bridgehead atoms. The normalized spacial score (nSPS) is 24.9. The minimum atomic E-state index is -4.84. The van der Waals surface area contributed by atoms with Crippen molar-refractivity contribution in [2.75, 3.05) is 6.26 Å². The van der Waals surface area contributed by atoms with Gasteiger partial charge in [-0.2, -0.15) is 0 Å². The highest BCUT2D eigenvalue weighted by molar-refractivity contribution is 7.88. The fourth-order valence-electron chi connectivity index (χ4n) is 4.50. The number of hydrogen-bond acceptors (Lipinski definition) is 4. The molecular weight excluding hydrogens is 472 g/mol. The molecule has 1 saturated carbocycles. The van der Waals surface area contributed by atoms with Gasteiger partial charge in [0.25, 0.3) is 0 Å². The van der Waals surface area contributed by atoms with Crippen molar-refractivity contribution >= 4 is 22.4 Å². The molecule has 0 amide bonds. The van der Waals surface area contributed by atoms with E-state index in [4.69, 9.17) is 0 Å². The summed E-state index contributed by atoms with van der Waals surface area (Å²) in [6.45, 7) is 0. The second-order valence-electron chi connectivity index (χ2n) is 8.18. The molecule has 176 valence electrons. The Kier molecular flexibility index (Phi) is 7.09. The van der Waals surface area contributed by atoms with Crippen molar-refractivity contribution in [3.8, 4) is 16.9 Å². The predicted octanol–water partition coefficient (Wildman–Crippen LogP) is 4.02. The van der Waals surface area contributed by atoms with Gasteiger partial charge >= 0.3 is 6.36 Å². The van der Waals surface area contributed by atoms with Crippen LogP contribution in [0.15, 0.2) is 42.5 Å². The summed E-state index contributed by atoms with van der Waals surface area (Å²) < 4.78 is 83.1. The molecule has 2 aromatic rings. The molecule has 5 rings (SSSR count). The standard InChI is InChI=1S/C21H22F4N2O3S.ClH/c1-31(28,29)27-20-14-8-15(9-14)26-18(20)11-13-5-3-7-17(19(13)22)12-4-2-6-16(10-12)30-21(23,24)25;/h2-7,10,14-15,18,20,26-27H,8-9,11H2,1H3;1H/t14?,15?,18-,20-;/m0./s1. The van der Waals surface area contributed by atoms with E-state index in [2.05, 4.69) is 14.8 Å². The van der Waals surface area contributed by atoms with Crippen LogP contribution in [0.3, 0.4) is 0 Å². The van der Waals surface area contributed by atoms with Crippen molar-refractivity contribution in [3.63, 3.8) is 0 Å². The average molecular weight is 495 g/mol. The molecule has 2 saturated heterocycles. The van der Waals surface area contributed by atoms with Crippen molar-refractivity contribution in [1.29, 1.82) is 0 Å². The maximum Gasteiger partial charge on any atom is 0.573 e. The Balaban J connectivity index is 0.00000289. The highest BCUT2D eigenvalue weighted by Crippen LogP contribution is 2.38. The van der Waals surface area contributed by atoms with Crippen LogP contribution in [0.2, 0.25) is 0 Å². The van der Waals surface area contributed by atoms with Crippen LogP contribution in [0.5, 0.6) is 5.75 Å². The van der Waals surface area contributed by atoms with Gasteiger partial charge in [0.1, 0.15) is 11.6 Å². The Labute approximate surface area is 190 Å². The number of ether oxygens (including phenoxy) is 1. The molecule has 11 heteroatoms. The molecule has 5 nitrogen and oxygen atoms in total. The molecular formula is C21H23ClF4N2O3S. The first-order chi connectivity index (χ1) is 14.5. The predicted molar refractivity (Wildman–Crippen MR) is 115 cm³/mol. The van der Waals surface area contributed by atoms with Crippen molar-refractivity contribution in [2.45, 2.75) is 43.8 Å². The van der Waals surface area contributed by atoms with Crippen molar-refractivity contribution in [2.24, 2.45) is 5.92 Å². The monoisotopic (exact) mass is 494 g/mol. The topological polar surface area (TPSA) is 67.4 Å². The van der Waals surface area contributed by atoms with Gasteiger partial charge < -0.3 is 10.1 Å². The molecule has 2 heterocycles. The summed E-state index contributed by atoms with van der Waals surface area (Å²) in [7, 11) is -3.43. The zero-order valence-corrected chi connectivity index (χ0v) is 18.7. The van der Waals surface area contributed by atoms with Gasteiger partial charge in [-0.25, -0.2) is 17.5 Å². The van der Waals surface area contributed by atoms with Crippen LogP contribution in [-0.4, -0.2) is 39.2 Å². The zero-order valence-electron chi connectivity index (χ0n) is 17.0. The Hall–Kier alpha value is -1.88. The van der Waals surface area contributed by atoms with Gasteiger partial charge in [0.2, 0.25) is 10.0 Å². The summed E-state index contributed by atoms with van der Waals surface area (Å²) in [6.07, 6.45) is -1.74. The Morgan fingerprint density at radius 1 is 1.16 bits per heavy atom.